The molecule has 0 fully saturated rings. The summed E-state index contributed by atoms with van der Waals surface area (Å²) in [6.07, 6.45) is 0.840. The lowest BCUT2D eigenvalue weighted by Crippen LogP contribution is -2.10. The van der Waals surface area contributed by atoms with E-state index >= 15 is 0 Å². The number of nitrogens with zero attached hydrogens (tertiary/aromatic N) is 1. The van der Waals surface area contributed by atoms with E-state index in [1.54, 1.807) is 6.07 Å². The Kier molecular flexibility index (Phi) is 2.88. The minimum Gasteiger partial charge on any atom is -0.506 e. The zero-order valence-corrected chi connectivity index (χ0v) is 9.77. The topological polar surface area (TPSA) is 51.2 Å². The van der Waals surface area contributed by atoms with E-state index in [2.05, 4.69) is 24.5 Å². The Labute approximate surface area is 95.5 Å². The predicted molar refractivity (Wildman–Crippen MR) is 66.7 cm³/mol. The van der Waals surface area contributed by atoms with Crippen LogP contribution in [0, 0.1) is 0 Å². The quantitative estimate of drug-likeness (QED) is 0.831. The number of hydrogen-bond acceptors (Lipinski definition) is 2. The van der Waals surface area contributed by atoms with Gasteiger partial charge >= 0.3 is 0 Å². The van der Waals surface area contributed by atoms with Crippen LogP contribution in [0.2, 0.25) is 0 Å². The molecule has 1 aromatic carbocycles. The van der Waals surface area contributed by atoms with Gasteiger partial charge in [0.1, 0.15) is 5.75 Å². The molecule has 0 spiro atoms. The number of para-hydroxylation sites is 1. The minimum atomic E-state index is 0.326. The summed E-state index contributed by atoms with van der Waals surface area (Å²) in [5, 5.41) is 11.0. The van der Waals surface area contributed by atoms with E-state index in [0.717, 1.165) is 17.3 Å². The predicted octanol–water partition coefficient (Wildman–Crippen LogP) is 2.43. The van der Waals surface area contributed by atoms with Crippen LogP contribution in [-0.2, 0) is 6.42 Å². The highest BCUT2D eigenvalue weighted by atomic mass is 16.3. The zero-order valence-electron chi connectivity index (χ0n) is 9.77. The molecule has 0 atom stereocenters. The molecule has 0 saturated carbocycles. The summed E-state index contributed by atoms with van der Waals surface area (Å²) < 4.78 is 2.16. The van der Waals surface area contributed by atoms with Gasteiger partial charge < -0.3 is 15.4 Å². The summed E-state index contributed by atoms with van der Waals surface area (Å²) in [6, 6.07) is 8.06. The van der Waals surface area contributed by atoms with Gasteiger partial charge in [-0.25, -0.2) is 0 Å². The summed E-state index contributed by atoms with van der Waals surface area (Å²) in [6.45, 7) is 4.86. The second kappa shape index (κ2) is 4.18. The third kappa shape index (κ3) is 1.67. The van der Waals surface area contributed by atoms with Crippen molar-refractivity contribution in [2.45, 2.75) is 26.3 Å². The molecule has 3 N–H and O–H groups in total. The van der Waals surface area contributed by atoms with Crippen LogP contribution in [0.4, 0.5) is 0 Å². The molecule has 86 valence electrons. The van der Waals surface area contributed by atoms with Crippen LogP contribution in [0.25, 0.3) is 10.9 Å². The fraction of sp³-hybridized carbons (Fsp3) is 0.385. The zero-order chi connectivity index (χ0) is 11.7. The first-order valence-electron chi connectivity index (χ1n) is 5.67. The number of fused-ring (bicyclic) bond motifs is 1. The fourth-order valence-electron chi connectivity index (χ4n) is 2.25. The summed E-state index contributed by atoms with van der Waals surface area (Å²) in [5.74, 6) is 0.342. The van der Waals surface area contributed by atoms with Crippen molar-refractivity contribution in [3.8, 4) is 5.75 Å². The van der Waals surface area contributed by atoms with Crippen molar-refractivity contribution in [2.75, 3.05) is 6.54 Å². The van der Waals surface area contributed by atoms with Crippen molar-refractivity contribution in [1.82, 2.24) is 4.57 Å². The summed E-state index contributed by atoms with van der Waals surface area (Å²) in [4.78, 5) is 0. The maximum absolute atomic E-state index is 9.93. The smallest absolute Gasteiger partial charge is 0.139 e. The second-order valence-electron chi connectivity index (χ2n) is 4.35. The van der Waals surface area contributed by atoms with Gasteiger partial charge in [0.15, 0.2) is 0 Å². The molecular weight excluding hydrogens is 200 g/mol. The normalized spacial score (nSPS) is 11.5. The molecule has 0 aliphatic rings. The van der Waals surface area contributed by atoms with Crippen molar-refractivity contribution >= 4 is 10.9 Å². The molecule has 1 aromatic heterocycles. The van der Waals surface area contributed by atoms with Crippen LogP contribution in [0.1, 0.15) is 25.6 Å². The minimum absolute atomic E-state index is 0.326. The number of rotatable bonds is 3. The lowest BCUT2D eigenvalue weighted by Gasteiger charge is -2.14. The molecule has 3 nitrogen and oxygen atoms in total. The molecule has 3 heteroatoms. The summed E-state index contributed by atoms with van der Waals surface area (Å²) in [7, 11) is 0. The van der Waals surface area contributed by atoms with E-state index in [9.17, 15) is 5.11 Å². The highest BCUT2D eigenvalue weighted by molar-refractivity contribution is 5.86. The van der Waals surface area contributed by atoms with E-state index in [-0.39, 0.29) is 0 Å². The highest BCUT2D eigenvalue weighted by Gasteiger charge is 2.13. The average Bonchev–Trinajstić information content (AvgIpc) is 2.58. The van der Waals surface area contributed by atoms with Gasteiger partial charge in [0.2, 0.25) is 0 Å². The lowest BCUT2D eigenvalue weighted by atomic mass is 10.2. The van der Waals surface area contributed by atoms with Gasteiger partial charge in [-0.15, -0.1) is 0 Å². The van der Waals surface area contributed by atoms with Crippen LogP contribution >= 0.6 is 0 Å². The number of phenolic OH excluding ortho intramolecular Hbond substituents is 1. The largest absolute Gasteiger partial charge is 0.506 e. The Morgan fingerprint density at radius 1 is 1.38 bits per heavy atom. The van der Waals surface area contributed by atoms with Gasteiger partial charge in [0, 0.05) is 17.1 Å². The molecule has 0 radical (unpaired) electrons. The van der Waals surface area contributed by atoms with E-state index in [1.807, 2.05) is 12.1 Å². The summed E-state index contributed by atoms with van der Waals surface area (Å²) in [5.41, 5.74) is 7.72. The Balaban J connectivity index is 2.72. The molecule has 0 saturated heterocycles. The molecule has 0 unspecified atom stereocenters. The van der Waals surface area contributed by atoms with Crippen molar-refractivity contribution in [3.63, 3.8) is 0 Å². The highest BCUT2D eigenvalue weighted by Crippen LogP contribution is 2.30. The first-order valence-corrected chi connectivity index (χ1v) is 5.67. The average molecular weight is 218 g/mol. The molecule has 2 aromatic rings. The number of nitrogens with two attached hydrogens (primary N) is 1. The van der Waals surface area contributed by atoms with Crippen LogP contribution in [0.3, 0.4) is 0 Å². The Morgan fingerprint density at radius 2 is 2.12 bits per heavy atom. The first kappa shape index (κ1) is 11.0. The van der Waals surface area contributed by atoms with E-state index in [0.29, 0.717) is 18.3 Å². The van der Waals surface area contributed by atoms with Crippen molar-refractivity contribution < 1.29 is 5.11 Å². The maximum atomic E-state index is 9.93. The molecule has 0 aliphatic heterocycles. The van der Waals surface area contributed by atoms with Crippen molar-refractivity contribution in [3.05, 3.63) is 30.0 Å². The molecule has 1 heterocycles. The van der Waals surface area contributed by atoms with Crippen molar-refractivity contribution in [2.24, 2.45) is 5.73 Å². The molecule has 2 rings (SSSR count). The molecule has 0 bridgehead atoms. The first-order chi connectivity index (χ1) is 7.65. The summed E-state index contributed by atoms with van der Waals surface area (Å²) >= 11 is 0. The van der Waals surface area contributed by atoms with Crippen LogP contribution in [0.5, 0.6) is 5.75 Å². The number of benzene rings is 1. The lowest BCUT2D eigenvalue weighted by molar-refractivity contribution is 0.473. The maximum Gasteiger partial charge on any atom is 0.139 e. The Bertz CT molecular complexity index is 500. The van der Waals surface area contributed by atoms with Gasteiger partial charge in [0.05, 0.1) is 5.52 Å². The SMILES string of the molecule is CC(C)n1c(CCN)cc2cccc(O)c21. The monoisotopic (exact) mass is 218 g/mol. The molecular formula is C13H18N2O. The molecule has 0 amide bonds. The number of aromatic nitrogens is 1. The fourth-order valence-corrected chi connectivity index (χ4v) is 2.25. The standard InChI is InChI=1S/C13H18N2O/c1-9(2)15-11(6-7-14)8-10-4-3-5-12(16)13(10)15/h3-5,8-9,16H,6-7,14H2,1-2H3. The second-order valence-corrected chi connectivity index (χ2v) is 4.35. The number of phenols is 1. The number of hydrogen-bond donors (Lipinski definition) is 2. The number of aromatic hydroxyl groups is 1. The van der Waals surface area contributed by atoms with Gasteiger partial charge in [-0.05, 0) is 38.9 Å². The van der Waals surface area contributed by atoms with E-state index in [4.69, 9.17) is 5.73 Å². The van der Waals surface area contributed by atoms with Gasteiger partial charge in [0.25, 0.3) is 0 Å². The molecule has 0 aliphatic carbocycles. The van der Waals surface area contributed by atoms with Crippen LogP contribution < -0.4 is 5.73 Å². The van der Waals surface area contributed by atoms with E-state index < -0.39 is 0 Å². The van der Waals surface area contributed by atoms with Gasteiger partial charge in [-0.3, -0.25) is 0 Å². The third-order valence-corrected chi connectivity index (χ3v) is 2.84. The van der Waals surface area contributed by atoms with Crippen LogP contribution in [-0.4, -0.2) is 16.2 Å². The third-order valence-electron chi connectivity index (χ3n) is 2.84. The molecule has 16 heavy (non-hydrogen) atoms. The van der Waals surface area contributed by atoms with Crippen LogP contribution in [0.15, 0.2) is 24.3 Å². The Hall–Kier alpha value is -1.48. The van der Waals surface area contributed by atoms with Gasteiger partial charge in [-0.1, -0.05) is 12.1 Å². The van der Waals surface area contributed by atoms with Gasteiger partial charge in [-0.2, -0.15) is 0 Å². The Morgan fingerprint density at radius 3 is 2.75 bits per heavy atom. The van der Waals surface area contributed by atoms with E-state index in [1.165, 1.54) is 5.69 Å². The van der Waals surface area contributed by atoms with Crippen molar-refractivity contribution in [1.29, 1.82) is 0 Å².